The maximum Gasteiger partial charge on any atom is 0.213 e. The van der Waals surface area contributed by atoms with Gasteiger partial charge in [-0.1, -0.05) is 0 Å². The van der Waals surface area contributed by atoms with Crippen LogP contribution in [0.25, 0.3) is 0 Å². The molecule has 0 aromatic carbocycles. The van der Waals surface area contributed by atoms with Crippen molar-refractivity contribution >= 4 is 10.9 Å². The van der Waals surface area contributed by atoms with Crippen LogP contribution in [0.5, 0.6) is 0 Å². The van der Waals surface area contributed by atoms with Gasteiger partial charge in [0.1, 0.15) is 42.0 Å². The van der Waals surface area contributed by atoms with Crippen molar-refractivity contribution < 1.29 is 39.4 Å². The second kappa shape index (κ2) is 8.44. The standard InChI is InChI=1S/C16H23FNO7S/c17-13-3-8(1-2-18-13)16-24-5-9(20)15(25-16)11(22)7-26-6-10(21)14(23)12(26)4-19/h1-3,9-12,14-16,19-23H,4-7H2/q+1/t9-,10-,11-,12-,14+,15+,16?,26?/m1/s1. The van der Waals surface area contributed by atoms with E-state index in [1.165, 1.54) is 12.3 Å². The maximum atomic E-state index is 13.3. The van der Waals surface area contributed by atoms with Gasteiger partial charge in [-0.05, 0) is 6.07 Å². The van der Waals surface area contributed by atoms with E-state index in [2.05, 4.69) is 4.98 Å². The summed E-state index contributed by atoms with van der Waals surface area (Å²) in [5.41, 5.74) is 0.379. The lowest BCUT2D eigenvalue weighted by atomic mass is 10.1. The highest BCUT2D eigenvalue weighted by Gasteiger charge is 2.51. The minimum atomic E-state index is -1.10. The molecule has 3 rings (SSSR count). The quantitative estimate of drug-likeness (QED) is 0.289. The van der Waals surface area contributed by atoms with E-state index in [0.717, 1.165) is 6.07 Å². The Morgan fingerprint density at radius 3 is 2.77 bits per heavy atom. The van der Waals surface area contributed by atoms with Gasteiger partial charge in [0.25, 0.3) is 0 Å². The van der Waals surface area contributed by atoms with E-state index in [4.69, 9.17) is 9.47 Å². The lowest BCUT2D eigenvalue weighted by molar-refractivity contribution is -0.273. The minimum Gasteiger partial charge on any atom is -0.391 e. The number of halogens is 1. The van der Waals surface area contributed by atoms with Crippen molar-refractivity contribution in [1.82, 2.24) is 4.98 Å². The fourth-order valence-corrected chi connectivity index (χ4v) is 5.93. The number of aliphatic hydroxyl groups is 5. The van der Waals surface area contributed by atoms with Gasteiger partial charge in [0.15, 0.2) is 11.5 Å². The van der Waals surface area contributed by atoms with Crippen LogP contribution in [0.2, 0.25) is 0 Å². The van der Waals surface area contributed by atoms with E-state index in [1.54, 1.807) is 0 Å². The molecule has 2 aliphatic heterocycles. The summed E-state index contributed by atoms with van der Waals surface area (Å²) in [5, 5.41) is 49.2. The number of nitrogens with zero attached hydrogens (tertiary/aromatic N) is 1. The van der Waals surface area contributed by atoms with E-state index in [0.29, 0.717) is 5.56 Å². The van der Waals surface area contributed by atoms with Crippen LogP contribution in [-0.4, -0.2) is 91.0 Å². The summed E-state index contributed by atoms with van der Waals surface area (Å²) in [7, 11) is -0.633. The van der Waals surface area contributed by atoms with Crippen molar-refractivity contribution in [1.29, 1.82) is 0 Å². The number of aromatic nitrogens is 1. The number of ether oxygens (including phenoxy) is 2. The summed E-state index contributed by atoms with van der Waals surface area (Å²) in [6.45, 7) is -0.400. The molecule has 2 saturated heterocycles. The average Bonchev–Trinajstić information content (AvgIpc) is 2.88. The predicted molar refractivity (Wildman–Crippen MR) is 89.8 cm³/mol. The van der Waals surface area contributed by atoms with Crippen LogP contribution in [0.1, 0.15) is 11.9 Å². The number of pyridine rings is 1. The van der Waals surface area contributed by atoms with Crippen molar-refractivity contribution in [3.05, 3.63) is 29.8 Å². The molecule has 0 radical (unpaired) electrons. The van der Waals surface area contributed by atoms with Gasteiger partial charge in [0, 0.05) is 28.7 Å². The Labute approximate surface area is 152 Å². The molecule has 10 heteroatoms. The van der Waals surface area contributed by atoms with E-state index >= 15 is 0 Å². The summed E-state index contributed by atoms with van der Waals surface area (Å²) in [5.74, 6) is -0.278. The van der Waals surface area contributed by atoms with Crippen molar-refractivity contribution in [3.8, 4) is 0 Å². The van der Waals surface area contributed by atoms with Crippen LogP contribution in [0, 0.1) is 5.95 Å². The summed E-state index contributed by atoms with van der Waals surface area (Å²) >= 11 is 0. The van der Waals surface area contributed by atoms with Crippen molar-refractivity contribution in [2.75, 3.05) is 24.7 Å². The normalized spacial score (nSPS) is 39.1. The van der Waals surface area contributed by atoms with E-state index in [-0.39, 0.29) is 24.7 Å². The molecule has 1 aromatic heterocycles. The van der Waals surface area contributed by atoms with Gasteiger partial charge < -0.3 is 35.0 Å². The smallest absolute Gasteiger partial charge is 0.213 e. The second-order valence-corrected chi connectivity index (χ2v) is 8.81. The van der Waals surface area contributed by atoms with Crippen LogP contribution in [0.4, 0.5) is 4.39 Å². The number of hydrogen-bond acceptors (Lipinski definition) is 8. The Balaban J connectivity index is 1.66. The van der Waals surface area contributed by atoms with Gasteiger partial charge in [0.05, 0.1) is 13.2 Å². The largest absolute Gasteiger partial charge is 0.391 e. The van der Waals surface area contributed by atoms with Crippen LogP contribution in [-0.2, 0) is 20.4 Å². The van der Waals surface area contributed by atoms with E-state index in [9.17, 15) is 29.9 Å². The number of hydrogen-bond donors (Lipinski definition) is 5. The Hall–Kier alpha value is -0.850. The molecule has 3 heterocycles. The Bertz CT molecular complexity index is 612. The van der Waals surface area contributed by atoms with E-state index in [1.807, 2.05) is 0 Å². The zero-order valence-electron chi connectivity index (χ0n) is 13.9. The predicted octanol–water partition coefficient (Wildman–Crippen LogP) is -1.93. The zero-order valence-corrected chi connectivity index (χ0v) is 14.7. The molecule has 0 bridgehead atoms. The molecule has 0 saturated carbocycles. The third-order valence-corrected chi connectivity index (χ3v) is 7.46. The first kappa shape index (κ1) is 19.9. The summed E-state index contributed by atoms with van der Waals surface area (Å²) in [4.78, 5) is 3.46. The molecule has 0 aliphatic carbocycles. The summed E-state index contributed by atoms with van der Waals surface area (Å²) in [6.07, 6.45) is -4.83. The van der Waals surface area contributed by atoms with Gasteiger partial charge in [-0.25, -0.2) is 4.98 Å². The molecule has 8 nitrogen and oxygen atoms in total. The van der Waals surface area contributed by atoms with Crippen molar-refractivity contribution in [2.24, 2.45) is 0 Å². The molecule has 8 atom stereocenters. The molecule has 1 aromatic rings. The Morgan fingerprint density at radius 1 is 1.31 bits per heavy atom. The molecule has 2 aliphatic rings. The first-order valence-electron chi connectivity index (χ1n) is 8.28. The third kappa shape index (κ3) is 4.18. The van der Waals surface area contributed by atoms with Crippen molar-refractivity contribution in [3.63, 3.8) is 0 Å². The topological polar surface area (TPSA) is 132 Å². The molecule has 2 unspecified atom stereocenters. The molecular weight excluding hydrogens is 369 g/mol. The fourth-order valence-electron chi connectivity index (χ4n) is 3.25. The first-order chi connectivity index (χ1) is 12.4. The summed E-state index contributed by atoms with van der Waals surface area (Å²) in [6, 6.07) is 2.67. The van der Waals surface area contributed by atoms with Gasteiger partial charge in [-0.15, -0.1) is 0 Å². The molecule has 0 amide bonds. The molecule has 5 N–H and O–H groups in total. The second-order valence-electron chi connectivity index (χ2n) is 6.46. The maximum absolute atomic E-state index is 13.3. The van der Waals surface area contributed by atoms with Crippen LogP contribution in [0.3, 0.4) is 0 Å². The Morgan fingerprint density at radius 2 is 2.08 bits per heavy atom. The van der Waals surface area contributed by atoms with Gasteiger partial charge in [-0.2, -0.15) is 4.39 Å². The first-order valence-corrected chi connectivity index (χ1v) is 9.91. The molecule has 26 heavy (non-hydrogen) atoms. The number of rotatable bonds is 5. The van der Waals surface area contributed by atoms with Gasteiger partial charge >= 0.3 is 0 Å². The fraction of sp³-hybridized carbons (Fsp3) is 0.688. The van der Waals surface area contributed by atoms with Crippen LogP contribution >= 0.6 is 0 Å². The lowest BCUT2D eigenvalue weighted by Crippen LogP contribution is -2.50. The molecular formula is C16H23FNO7S+. The van der Waals surface area contributed by atoms with Crippen LogP contribution < -0.4 is 0 Å². The zero-order chi connectivity index (χ0) is 18.8. The van der Waals surface area contributed by atoms with Crippen LogP contribution in [0.15, 0.2) is 18.3 Å². The number of aliphatic hydroxyl groups excluding tert-OH is 5. The monoisotopic (exact) mass is 392 g/mol. The molecule has 0 spiro atoms. The average molecular weight is 392 g/mol. The third-order valence-electron chi connectivity index (χ3n) is 4.63. The highest BCUT2D eigenvalue weighted by atomic mass is 32.2. The molecule has 2 fully saturated rings. The summed E-state index contributed by atoms with van der Waals surface area (Å²) < 4.78 is 24.3. The minimum absolute atomic E-state index is 0.0984. The van der Waals surface area contributed by atoms with Gasteiger partial charge in [-0.3, -0.25) is 0 Å². The highest BCUT2D eigenvalue weighted by molar-refractivity contribution is 7.97. The van der Waals surface area contributed by atoms with Crippen molar-refractivity contribution in [2.45, 2.75) is 42.1 Å². The molecule has 146 valence electrons. The van der Waals surface area contributed by atoms with Gasteiger partial charge in [0.2, 0.25) is 5.95 Å². The SMILES string of the molecule is OC[C@@H]1[C@@H](O)[C@H](O)C[S+]1C[C@@H](O)[C@H]1OC(c2ccnc(F)c2)OC[C@H]1O. The Kier molecular flexibility index (Phi) is 6.46. The lowest BCUT2D eigenvalue weighted by Gasteiger charge is -2.36. The van der Waals surface area contributed by atoms with E-state index < -0.39 is 58.9 Å². The highest BCUT2D eigenvalue weighted by Crippen LogP contribution is 2.30.